The smallest absolute Gasteiger partial charge is 0.126 e. The molecule has 0 saturated carbocycles. The Hall–Kier alpha value is -2.02. The Morgan fingerprint density at radius 2 is 1.94 bits per heavy atom. The van der Waals surface area contributed by atoms with E-state index in [1.807, 2.05) is 24.3 Å². The van der Waals surface area contributed by atoms with Gasteiger partial charge in [-0.2, -0.15) is 0 Å². The largest absolute Gasteiger partial charge is 0.496 e. The highest BCUT2D eigenvalue weighted by Crippen LogP contribution is 2.29. The summed E-state index contributed by atoms with van der Waals surface area (Å²) in [7, 11) is 1.71. The van der Waals surface area contributed by atoms with Crippen LogP contribution >= 0.6 is 0 Å². The highest BCUT2D eigenvalue weighted by molar-refractivity contribution is 6.00. The monoisotopic (exact) mass is 207 g/mol. The van der Waals surface area contributed by atoms with Crippen LogP contribution in [0.3, 0.4) is 0 Å². The number of ether oxygens (including phenoxy) is 1. The number of fused-ring (bicyclic) bond motifs is 2. The van der Waals surface area contributed by atoms with Crippen molar-refractivity contribution < 1.29 is 4.74 Å². The van der Waals surface area contributed by atoms with E-state index in [0.29, 0.717) is 0 Å². The summed E-state index contributed by atoms with van der Waals surface area (Å²) in [6, 6.07) is 19.5. The van der Waals surface area contributed by atoms with Crippen molar-refractivity contribution in [1.82, 2.24) is 0 Å². The maximum absolute atomic E-state index is 5.37. The minimum atomic E-state index is 0.923. The molecule has 3 aromatic carbocycles. The highest BCUT2D eigenvalue weighted by atomic mass is 16.5. The van der Waals surface area contributed by atoms with E-state index in [-0.39, 0.29) is 0 Å². The van der Waals surface area contributed by atoms with Crippen molar-refractivity contribution in [3.8, 4) is 5.75 Å². The molecule has 0 aliphatic heterocycles. The van der Waals surface area contributed by atoms with E-state index in [9.17, 15) is 0 Å². The van der Waals surface area contributed by atoms with Crippen molar-refractivity contribution in [2.45, 2.75) is 0 Å². The lowest BCUT2D eigenvalue weighted by atomic mass is 10.0. The Kier molecular flexibility index (Phi) is 2.03. The van der Waals surface area contributed by atoms with Crippen molar-refractivity contribution in [3.05, 3.63) is 54.6 Å². The fraction of sp³-hybridized carbons (Fsp3) is 0.0667. The van der Waals surface area contributed by atoms with E-state index in [2.05, 4.69) is 30.3 Å². The average molecular weight is 207 g/mol. The molecule has 0 saturated heterocycles. The third kappa shape index (κ3) is 1.33. The third-order valence-corrected chi connectivity index (χ3v) is 2.86. The summed E-state index contributed by atoms with van der Waals surface area (Å²) in [5.41, 5.74) is 0. The number of hydrogen-bond acceptors (Lipinski definition) is 1. The standard InChI is InChI=1S/C15H11O/c1-16-15-8-4-7-13-9-11-5-2-3-6-12(11)10-14(13)15/h3-10H,1H3. The summed E-state index contributed by atoms with van der Waals surface area (Å²) in [6.07, 6.45) is 0. The van der Waals surface area contributed by atoms with Crippen LogP contribution in [0.25, 0.3) is 21.5 Å². The SMILES string of the molecule is COc1cccc2cc3c[c]ccc3cc12. The first-order valence-corrected chi connectivity index (χ1v) is 5.25. The molecule has 77 valence electrons. The molecule has 1 heteroatoms. The maximum Gasteiger partial charge on any atom is 0.126 e. The molecule has 0 fully saturated rings. The minimum absolute atomic E-state index is 0.923. The first kappa shape index (κ1) is 9.22. The van der Waals surface area contributed by atoms with E-state index in [1.54, 1.807) is 7.11 Å². The quantitative estimate of drug-likeness (QED) is 0.551. The molecule has 0 spiro atoms. The second-order valence-electron chi connectivity index (χ2n) is 3.81. The van der Waals surface area contributed by atoms with E-state index < -0.39 is 0 Å². The van der Waals surface area contributed by atoms with Gasteiger partial charge < -0.3 is 4.74 Å². The maximum atomic E-state index is 5.37. The summed E-state index contributed by atoms with van der Waals surface area (Å²) < 4.78 is 5.37. The molecular formula is C15H11O. The zero-order chi connectivity index (χ0) is 11.0. The molecule has 0 aliphatic carbocycles. The Bertz CT molecular complexity index is 656. The Morgan fingerprint density at radius 1 is 1.00 bits per heavy atom. The van der Waals surface area contributed by atoms with Gasteiger partial charge in [0.2, 0.25) is 0 Å². The van der Waals surface area contributed by atoms with Crippen molar-refractivity contribution >= 4 is 21.5 Å². The molecule has 1 nitrogen and oxygen atoms in total. The average Bonchev–Trinajstić information content (AvgIpc) is 2.35. The van der Waals surface area contributed by atoms with Gasteiger partial charge in [0.15, 0.2) is 0 Å². The number of methoxy groups -OCH3 is 1. The summed E-state index contributed by atoms with van der Waals surface area (Å²) in [6.45, 7) is 0. The molecule has 16 heavy (non-hydrogen) atoms. The molecule has 0 heterocycles. The zero-order valence-electron chi connectivity index (χ0n) is 9.03. The van der Waals surface area contributed by atoms with Gasteiger partial charge in [-0.15, -0.1) is 0 Å². The Labute approximate surface area is 94.3 Å². The molecule has 0 unspecified atom stereocenters. The summed E-state index contributed by atoms with van der Waals surface area (Å²) >= 11 is 0. The first-order valence-electron chi connectivity index (χ1n) is 5.25. The lowest BCUT2D eigenvalue weighted by Gasteiger charge is -2.06. The minimum Gasteiger partial charge on any atom is -0.496 e. The molecule has 3 rings (SSSR count). The van der Waals surface area contributed by atoms with Gasteiger partial charge in [0.05, 0.1) is 7.11 Å². The van der Waals surface area contributed by atoms with Crippen LogP contribution in [0.15, 0.2) is 48.5 Å². The van der Waals surface area contributed by atoms with Crippen LogP contribution in [0.4, 0.5) is 0 Å². The van der Waals surface area contributed by atoms with Gasteiger partial charge in [-0.05, 0) is 46.5 Å². The molecule has 0 bridgehead atoms. The molecule has 0 N–H and O–H groups in total. The summed E-state index contributed by atoms with van der Waals surface area (Å²) in [5, 5.41) is 4.79. The van der Waals surface area contributed by atoms with Gasteiger partial charge in [0.1, 0.15) is 5.75 Å². The lowest BCUT2D eigenvalue weighted by Crippen LogP contribution is -1.84. The zero-order valence-corrected chi connectivity index (χ0v) is 9.03. The summed E-state index contributed by atoms with van der Waals surface area (Å²) in [4.78, 5) is 0. The second-order valence-corrected chi connectivity index (χ2v) is 3.81. The Balaban J connectivity index is 2.46. The predicted molar refractivity (Wildman–Crippen MR) is 66.8 cm³/mol. The van der Waals surface area contributed by atoms with Gasteiger partial charge in [-0.1, -0.05) is 24.3 Å². The van der Waals surface area contributed by atoms with E-state index in [1.165, 1.54) is 16.2 Å². The van der Waals surface area contributed by atoms with E-state index >= 15 is 0 Å². The van der Waals surface area contributed by atoms with Crippen LogP contribution in [-0.2, 0) is 0 Å². The van der Waals surface area contributed by atoms with Crippen LogP contribution in [-0.4, -0.2) is 7.11 Å². The van der Waals surface area contributed by atoms with Gasteiger partial charge >= 0.3 is 0 Å². The predicted octanol–water partition coefficient (Wildman–Crippen LogP) is 3.80. The van der Waals surface area contributed by atoms with Crippen LogP contribution in [0.5, 0.6) is 5.75 Å². The molecule has 0 atom stereocenters. The van der Waals surface area contributed by atoms with Crippen molar-refractivity contribution in [1.29, 1.82) is 0 Å². The fourth-order valence-corrected chi connectivity index (χ4v) is 2.05. The highest BCUT2D eigenvalue weighted by Gasteiger charge is 2.02. The van der Waals surface area contributed by atoms with Gasteiger partial charge in [0.25, 0.3) is 0 Å². The van der Waals surface area contributed by atoms with Crippen LogP contribution in [0.2, 0.25) is 0 Å². The molecule has 0 aromatic heterocycles. The van der Waals surface area contributed by atoms with Crippen molar-refractivity contribution in [2.24, 2.45) is 0 Å². The van der Waals surface area contributed by atoms with E-state index in [0.717, 1.165) is 11.1 Å². The third-order valence-electron chi connectivity index (χ3n) is 2.86. The fourth-order valence-electron chi connectivity index (χ4n) is 2.05. The number of hydrogen-bond donors (Lipinski definition) is 0. The van der Waals surface area contributed by atoms with E-state index in [4.69, 9.17) is 4.74 Å². The molecule has 0 amide bonds. The topological polar surface area (TPSA) is 9.23 Å². The molecule has 3 aromatic rings. The Morgan fingerprint density at radius 3 is 2.81 bits per heavy atom. The first-order chi connectivity index (χ1) is 7.88. The number of benzene rings is 3. The second kappa shape index (κ2) is 3.53. The van der Waals surface area contributed by atoms with Crippen LogP contribution in [0, 0.1) is 6.07 Å². The molecule has 1 radical (unpaired) electrons. The molecule has 0 aliphatic rings. The van der Waals surface area contributed by atoms with Gasteiger partial charge in [-0.25, -0.2) is 0 Å². The van der Waals surface area contributed by atoms with Crippen LogP contribution < -0.4 is 4.74 Å². The van der Waals surface area contributed by atoms with Crippen LogP contribution in [0.1, 0.15) is 0 Å². The summed E-state index contributed by atoms with van der Waals surface area (Å²) in [5.74, 6) is 0.923. The number of rotatable bonds is 1. The van der Waals surface area contributed by atoms with Crippen molar-refractivity contribution in [2.75, 3.05) is 7.11 Å². The lowest BCUT2D eigenvalue weighted by molar-refractivity contribution is 0.420. The molecular weight excluding hydrogens is 196 g/mol. The normalized spacial score (nSPS) is 10.8. The van der Waals surface area contributed by atoms with Crippen molar-refractivity contribution in [3.63, 3.8) is 0 Å². The van der Waals surface area contributed by atoms with Gasteiger partial charge in [0, 0.05) is 5.39 Å². The van der Waals surface area contributed by atoms with Gasteiger partial charge in [-0.3, -0.25) is 0 Å².